The summed E-state index contributed by atoms with van der Waals surface area (Å²) in [6.07, 6.45) is 0.657. The van der Waals surface area contributed by atoms with Gasteiger partial charge in [0.1, 0.15) is 6.61 Å². The summed E-state index contributed by atoms with van der Waals surface area (Å²) in [5, 5.41) is 13.2. The Bertz CT molecular complexity index is 825. The molecule has 0 spiro atoms. The number of benzene rings is 1. The van der Waals surface area contributed by atoms with Crippen molar-refractivity contribution >= 4 is 5.97 Å². The lowest BCUT2D eigenvalue weighted by Gasteiger charge is -2.13. The minimum absolute atomic E-state index is 0.0192. The molecule has 7 heteroatoms. The van der Waals surface area contributed by atoms with Crippen LogP contribution in [0.2, 0.25) is 0 Å². The van der Waals surface area contributed by atoms with E-state index < -0.39 is 23.4 Å². The van der Waals surface area contributed by atoms with Crippen molar-refractivity contribution < 1.29 is 23.4 Å². The van der Waals surface area contributed by atoms with Crippen LogP contribution in [0.4, 0.5) is 8.78 Å². The Morgan fingerprint density at radius 2 is 2.00 bits per heavy atom. The Morgan fingerprint density at radius 1 is 1.33 bits per heavy atom. The molecule has 146 valence electrons. The molecule has 0 aliphatic heterocycles. The molecule has 3 rings (SSSR count). The lowest BCUT2D eigenvalue weighted by Crippen LogP contribution is -2.12. The summed E-state index contributed by atoms with van der Waals surface area (Å²) in [6.45, 7) is 6.71. The number of carboxylic acid groups (broad SMARTS) is 1. The number of carbonyl (C=O) groups is 1. The SMILES string of the molecule is Cc1cc(COc2c(F)cc(C3CC3CC(=O)O)cc2F)n(CC(C)C)n1. The van der Waals surface area contributed by atoms with E-state index in [-0.39, 0.29) is 24.9 Å². The average Bonchev–Trinajstić information content (AvgIpc) is 3.21. The van der Waals surface area contributed by atoms with E-state index in [9.17, 15) is 13.6 Å². The lowest BCUT2D eigenvalue weighted by molar-refractivity contribution is -0.137. The van der Waals surface area contributed by atoms with Crippen LogP contribution in [0.1, 0.15) is 49.6 Å². The summed E-state index contributed by atoms with van der Waals surface area (Å²) in [5.74, 6) is -2.61. The fourth-order valence-corrected chi connectivity index (χ4v) is 3.40. The normalized spacial score (nSPS) is 18.7. The van der Waals surface area contributed by atoms with Crippen molar-refractivity contribution in [2.45, 2.75) is 52.7 Å². The Hall–Kier alpha value is -2.44. The molecule has 2 atom stereocenters. The highest BCUT2D eigenvalue weighted by Gasteiger charge is 2.40. The number of ether oxygens (including phenoxy) is 1. The summed E-state index contributed by atoms with van der Waals surface area (Å²) >= 11 is 0. The first-order valence-corrected chi connectivity index (χ1v) is 9.11. The number of carboxylic acids is 1. The van der Waals surface area contributed by atoms with Crippen molar-refractivity contribution in [3.05, 3.63) is 46.8 Å². The van der Waals surface area contributed by atoms with Gasteiger partial charge in [0, 0.05) is 13.0 Å². The molecule has 2 unspecified atom stereocenters. The first-order chi connectivity index (χ1) is 12.7. The number of hydrogen-bond donors (Lipinski definition) is 1. The predicted molar refractivity (Wildman–Crippen MR) is 95.6 cm³/mol. The highest BCUT2D eigenvalue weighted by molar-refractivity contribution is 5.67. The van der Waals surface area contributed by atoms with Crippen LogP contribution >= 0.6 is 0 Å². The van der Waals surface area contributed by atoms with Crippen LogP contribution in [0, 0.1) is 30.4 Å². The fourth-order valence-electron chi connectivity index (χ4n) is 3.40. The van der Waals surface area contributed by atoms with E-state index in [2.05, 4.69) is 18.9 Å². The van der Waals surface area contributed by atoms with Gasteiger partial charge < -0.3 is 9.84 Å². The third-order valence-electron chi connectivity index (χ3n) is 4.70. The zero-order valence-electron chi connectivity index (χ0n) is 15.7. The van der Waals surface area contributed by atoms with Gasteiger partial charge in [-0.2, -0.15) is 5.10 Å². The minimum atomic E-state index is -0.892. The quantitative estimate of drug-likeness (QED) is 0.745. The fraction of sp³-hybridized carbons (Fsp3) is 0.500. The van der Waals surface area contributed by atoms with E-state index in [4.69, 9.17) is 9.84 Å². The highest BCUT2D eigenvalue weighted by Crippen LogP contribution is 2.50. The first-order valence-electron chi connectivity index (χ1n) is 9.11. The predicted octanol–water partition coefficient (Wildman–Crippen LogP) is 4.28. The largest absolute Gasteiger partial charge is 0.481 e. The van der Waals surface area contributed by atoms with Gasteiger partial charge in [0.05, 0.1) is 11.4 Å². The van der Waals surface area contributed by atoms with Crippen molar-refractivity contribution in [1.82, 2.24) is 9.78 Å². The van der Waals surface area contributed by atoms with E-state index in [1.54, 1.807) is 4.68 Å². The summed E-state index contributed by atoms with van der Waals surface area (Å²) < 4.78 is 36.0. The van der Waals surface area contributed by atoms with Crippen LogP contribution in [0.25, 0.3) is 0 Å². The third kappa shape index (κ3) is 4.64. The zero-order valence-corrected chi connectivity index (χ0v) is 15.7. The maximum Gasteiger partial charge on any atom is 0.303 e. The minimum Gasteiger partial charge on any atom is -0.481 e. The van der Waals surface area contributed by atoms with Crippen molar-refractivity contribution in [1.29, 1.82) is 0 Å². The standard InChI is InChI=1S/C20H24F2N2O3/c1-11(2)9-24-15(4-12(3)23-24)10-27-20-17(21)6-14(7-18(20)22)16-5-13(16)8-19(25)26/h4,6-7,11,13,16H,5,8-10H2,1-3H3,(H,25,26). The lowest BCUT2D eigenvalue weighted by atomic mass is 10.1. The van der Waals surface area contributed by atoms with Gasteiger partial charge in [-0.1, -0.05) is 13.8 Å². The number of rotatable bonds is 8. The molecule has 0 bridgehead atoms. The van der Waals surface area contributed by atoms with Crippen molar-refractivity contribution in [3.63, 3.8) is 0 Å². The molecule has 1 heterocycles. The molecule has 1 N–H and O–H groups in total. The summed E-state index contributed by atoms with van der Waals surface area (Å²) in [4.78, 5) is 10.8. The molecule has 1 saturated carbocycles. The number of halogens is 2. The summed E-state index contributed by atoms with van der Waals surface area (Å²) in [7, 11) is 0. The van der Waals surface area contributed by atoms with Crippen LogP contribution in [0.5, 0.6) is 5.75 Å². The van der Waals surface area contributed by atoms with E-state index >= 15 is 0 Å². The molecular weight excluding hydrogens is 354 g/mol. The Kier molecular flexibility index (Phi) is 5.48. The average molecular weight is 378 g/mol. The smallest absolute Gasteiger partial charge is 0.303 e. The molecule has 5 nitrogen and oxygen atoms in total. The Morgan fingerprint density at radius 3 is 2.59 bits per heavy atom. The topological polar surface area (TPSA) is 64.3 Å². The zero-order chi connectivity index (χ0) is 19.7. The maximum atomic E-state index is 14.4. The van der Waals surface area contributed by atoms with Gasteiger partial charge >= 0.3 is 5.97 Å². The molecule has 1 aromatic heterocycles. The molecule has 0 radical (unpaired) electrons. The van der Waals surface area contributed by atoms with E-state index in [0.29, 0.717) is 24.4 Å². The molecule has 1 fully saturated rings. The number of aryl methyl sites for hydroxylation is 1. The van der Waals surface area contributed by atoms with Crippen molar-refractivity contribution in [2.75, 3.05) is 0 Å². The van der Waals surface area contributed by atoms with Gasteiger partial charge in [-0.3, -0.25) is 9.48 Å². The van der Waals surface area contributed by atoms with Crippen LogP contribution in [0.3, 0.4) is 0 Å². The molecule has 1 aliphatic rings. The molecule has 27 heavy (non-hydrogen) atoms. The van der Waals surface area contributed by atoms with E-state index in [1.807, 2.05) is 13.0 Å². The monoisotopic (exact) mass is 378 g/mol. The molecule has 2 aromatic rings. The van der Waals surface area contributed by atoms with Gasteiger partial charge in [0.25, 0.3) is 0 Å². The van der Waals surface area contributed by atoms with Crippen LogP contribution in [0.15, 0.2) is 18.2 Å². The molecule has 1 aromatic carbocycles. The molecule has 0 amide bonds. The molecular formula is C20H24F2N2O3. The van der Waals surface area contributed by atoms with Crippen LogP contribution in [-0.2, 0) is 17.9 Å². The second kappa shape index (κ2) is 7.66. The molecule has 1 aliphatic carbocycles. The first kappa shape index (κ1) is 19.3. The van der Waals surface area contributed by atoms with E-state index in [0.717, 1.165) is 11.4 Å². The second-order valence-corrected chi connectivity index (χ2v) is 7.66. The summed E-state index contributed by atoms with van der Waals surface area (Å²) in [6, 6.07) is 4.34. The van der Waals surface area contributed by atoms with Gasteiger partial charge in [-0.15, -0.1) is 0 Å². The number of aliphatic carboxylic acids is 1. The van der Waals surface area contributed by atoms with Crippen molar-refractivity contribution in [2.24, 2.45) is 11.8 Å². The third-order valence-corrected chi connectivity index (χ3v) is 4.70. The van der Waals surface area contributed by atoms with Gasteiger partial charge in [0.2, 0.25) is 0 Å². The van der Waals surface area contributed by atoms with Gasteiger partial charge in [-0.25, -0.2) is 8.78 Å². The Balaban J connectivity index is 1.71. The molecule has 0 saturated heterocycles. The number of aromatic nitrogens is 2. The van der Waals surface area contributed by atoms with Crippen LogP contribution in [-0.4, -0.2) is 20.9 Å². The number of hydrogen-bond acceptors (Lipinski definition) is 3. The number of nitrogens with zero attached hydrogens (tertiary/aromatic N) is 2. The second-order valence-electron chi connectivity index (χ2n) is 7.66. The summed E-state index contributed by atoms with van der Waals surface area (Å²) in [5.41, 5.74) is 2.07. The van der Waals surface area contributed by atoms with Gasteiger partial charge in [-0.05, 0) is 54.9 Å². The van der Waals surface area contributed by atoms with Crippen molar-refractivity contribution in [3.8, 4) is 5.75 Å². The highest BCUT2D eigenvalue weighted by atomic mass is 19.1. The van der Waals surface area contributed by atoms with Crippen LogP contribution < -0.4 is 4.74 Å². The van der Waals surface area contributed by atoms with E-state index in [1.165, 1.54) is 12.1 Å². The maximum absolute atomic E-state index is 14.4. The Labute approximate surface area is 157 Å². The van der Waals surface area contributed by atoms with Gasteiger partial charge in [0.15, 0.2) is 17.4 Å².